The number of rotatable bonds is 3. The molecule has 1 aromatic heterocycles. The maximum atomic E-state index is 11.2. The molecule has 2 N–H and O–H groups in total. The van der Waals surface area contributed by atoms with E-state index < -0.39 is 0 Å². The SMILES string of the molecule is COc1ccccc1Oc1ccc(N)[n+]([O-])n1. The van der Waals surface area contributed by atoms with Gasteiger partial charge in [0, 0.05) is 12.1 Å². The second-order valence-corrected chi connectivity index (χ2v) is 3.22. The van der Waals surface area contributed by atoms with Gasteiger partial charge in [0.15, 0.2) is 11.5 Å². The molecule has 0 atom stereocenters. The molecular formula is C11H11N3O3. The Labute approximate surface area is 97.8 Å². The molecule has 0 radical (unpaired) electrons. The average molecular weight is 233 g/mol. The first-order chi connectivity index (χ1) is 8.20. The van der Waals surface area contributed by atoms with Gasteiger partial charge in [0.05, 0.1) is 7.11 Å². The molecule has 1 aromatic carbocycles. The molecule has 17 heavy (non-hydrogen) atoms. The highest BCUT2D eigenvalue weighted by molar-refractivity contribution is 5.41. The number of aromatic nitrogens is 2. The minimum atomic E-state index is 0.0115. The van der Waals surface area contributed by atoms with Crippen LogP contribution in [0.5, 0.6) is 17.4 Å². The lowest BCUT2D eigenvalue weighted by atomic mass is 10.3. The van der Waals surface area contributed by atoms with Crippen molar-refractivity contribution >= 4 is 5.82 Å². The molecule has 0 bridgehead atoms. The topological polar surface area (TPSA) is 84.3 Å². The first-order valence-corrected chi connectivity index (χ1v) is 4.88. The van der Waals surface area contributed by atoms with Gasteiger partial charge in [-0.25, -0.2) is 0 Å². The van der Waals surface area contributed by atoms with Gasteiger partial charge in [0.1, 0.15) is 0 Å². The zero-order chi connectivity index (χ0) is 12.3. The molecule has 88 valence electrons. The van der Waals surface area contributed by atoms with Crippen LogP contribution >= 0.6 is 0 Å². The van der Waals surface area contributed by atoms with Crippen molar-refractivity contribution in [2.24, 2.45) is 0 Å². The molecule has 1 heterocycles. The molecule has 0 aliphatic rings. The number of anilines is 1. The van der Waals surface area contributed by atoms with E-state index in [1.807, 2.05) is 6.07 Å². The van der Waals surface area contributed by atoms with Crippen molar-refractivity contribution in [1.29, 1.82) is 0 Å². The molecular weight excluding hydrogens is 222 g/mol. The molecule has 0 fully saturated rings. The van der Waals surface area contributed by atoms with Crippen LogP contribution in [0.2, 0.25) is 0 Å². The molecule has 0 aliphatic heterocycles. The molecule has 0 spiro atoms. The number of benzene rings is 1. The van der Waals surface area contributed by atoms with Crippen molar-refractivity contribution in [2.45, 2.75) is 0 Å². The van der Waals surface area contributed by atoms with Crippen LogP contribution in [0, 0.1) is 5.21 Å². The zero-order valence-corrected chi connectivity index (χ0v) is 9.16. The van der Waals surface area contributed by atoms with Gasteiger partial charge < -0.3 is 14.7 Å². The number of methoxy groups -OCH3 is 1. The molecule has 0 saturated carbocycles. The van der Waals surface area contributed by atoms with Gasteiger partial charge in [-0.15, -0.1) is 4.85 Å². The number of nitrogens with zero attached hydrogens (tertiary/aromatic N) is 2. The van der Waals surface area contributed by atoms with Crippen LogP contribution in [0.3, 0.4) is 0 Å². The third-order valence-electron chi connectivity index (χ3n) is 2.09. The second kappa shape index (κ2) is 4.56. The summed E-state index contributed by atoms with van der Waals surface area (Å²) in [7, 11) is 1.53. The highest BCUT2D eigenvalue weighted by atomic mass is 16.5. The summed E-state index contributed by atoms with van der Waals surface area (Å²) >= 11 is 0. The van der Waals surface area contributed by atoms with E-state index in [-0.39, 0.29) is 11.7 Å². The van der Waals surface area contributed by atoms with Crippen molar-refractivity contribution < 1.29 is 14.3 Å². The molecule has 0 saturated heterocycles. The van der Waals surface area contributed by atoms with Gasteiger partial charge in [0.2, 0.25) is 0 Å². The van der Waals surface area contributed by atoms with Crippen LogP contribution < -0.4 is 20.1 Å². The third-order valence-corrected chi connectivity index (χ3v) is 2.09. The summed E-state index contributed by atoms with van der Waals surface area (Å²) in [6.45, 7) is 0. The summed E-state index contributed by atoms with van der Waals surface area (Å²) < 4.78 is 10.5. The summed E-state index contributed by atoms with van der Waals surface area (Å²) in [5, 5.41) is 14.8. The fourth-order valence-corrected chi connectivity index (χ4v) is 1.27. The van der Waals surface area contributed by atoms with Crippen LogP contribution in [0.25, 0.3) is 0 Å². The third kappa shape index (κ3) is 2.36. The van der Waals surface area contributed by atoms with Gasteiger partial charge in [-0.3, -0.25) is 5.73 Å². The predicted molar refractivity (Wildman–Crippen MR) is 60.7 cm³/mol. The summed E-state index contributed by atoms with van der Waals surface area (Å²) in [6.07, 6.45) is 0. The summed E-state index contributed by atoms with van der Waals surface area (Å²) in [4.78, 5) is 0.296. The fraction of sp³-hybridized carbons (Fsp3) is 0.0909. The lowest BCUT2D eigenvalue weighted by Gasteiger charge is -2.09. The minimum Gasteiger partial charge on any atom is -0.691 e. The lowest BCUT2D eigenvalue weighted by Crippen LogP contribution is -2.34. The Morgan fingerprint density at radius 3 is 2.53 bits per heavy atom. The Bertz CT molecular complexity index is 531. The highest BCUT2D eigenvalue weighted by Crippen LogP contribution is 2.29. The quantitative estimate of drug-likeness (QED) is 0.633. The summed E-state index contributed by atoms with van der Waals surface area (Å²) in [5.41, 5.74) is 5.35. The van der Waals surface area contributed by atoms with E-state index in [2.05, 4.69) is 5.10 Å². The van der Waals surface area contributed by atoms with Crippen molar-refractivity contribution in [3.8, 4) is 17.4 Å². The van der Waals surface area contributed by atoms with Gasteiger partial charge in [-0.05, 0) is 17.2 Å². The van der Waals surface area contributed by atoms with Crippen LogP contribution in [0.4, 0.5) is 5.82 Å². The maximum Gasteiger partial charge on any atom is 0.297 e. The van der Waals surface area contributed by atoms with Crippen molar-refractivity contribution in [2.75, 3.05) is 12.8 Å². The first-order valence-electron chi connectivity index (χ1n) is 4.88. The summed E-state index contributed by atoms with van der Waals surface area (Å²) in [5.74, 6) is 1.20. The number of hydrogen-bond donors (Lipinski definition) is 1. The van der Waals surface area contributed by atoms with E-state index in [1.165, 1.54) is 19.2 Å². The van der Waals surface area contributed by atoms with E-state index in [9.17, 15) is 5.21 Å². The van der Waals surface area contributed by atoms with Crippen molar-refractivity contribution in [3.05, 3.63) is 41.6 Å². The fourth-order valence-electron chi connectivity index (χ4n) is 1.27. The van der Waals surface area contributed by atoms with Crippen LogP contribution in [0.15, 0.2) is 36.4 Å². The van der Waals surface area contributed by atoms with E-state index in [4.69, 9.17) is 15.2 Å². The Morgan fingerprint density at radius 2 is 1.88 bits per heavy atom. The average Bonchev–Trinajstić information content (AvgIpc) is 2.34. The molecule has 6 nitrogen and oxygen atoms in total. The van der Waals surface area contributed by atoms with E-state index >= 15 is 0 Å². The van der Waals surface area contributed by atoms with E-state index in [1.54, 1.807) is 18.2 Å². The van der Waals surface area contributed by atoms with Crippen molar-refractivity contribution in [1.82, 2.24) is 5.10 Å². The molecule has 2 aromatic rings. The normalized spacial score (nSPS) is 9.94. The Morgan fingerprint density at radius 1 is 1.18 bits per heavy atom. The minimum absolute atomic E-state index is 0.0115. The monoisotopic (exact) mass is 233 g/mol. The molecule has 6 heteroatoms. The number of ether oxygens (including phenoxy) is 2. The number of hydrogen-bond acceptors (Lipinski definition) is 5. The number of nitrogen functional groups attached to an aromatic ring is 1. The van der Waals surface area contributed by atoms with Gasteiger partial charge >= 0.3 is 0 Å². The molecule has 0 unspecified atom stereocenters. The second-order valence-electron chi connectivity index (χ2n) is 3.22. The van der Waals surface area contributed by atoms with Gasteiger partial charge in [-0.1, -0.05) is 12.1 Å². The lowest BCUT2D eigenvalue weighted by molar-refractivity contribution is -0.655. The molecule has 2 rings (SSSR count). The zero-order valence-electron chi connectivity index (χ0n) is 9.16. The van der Waals surface area contributed by atoms with E-state index in [0.717, 1.165) is 0 Å². The first kappa shape index (κ1) is 11.0. The molecule has 0 amide bonds. The summed E-state index contributed by atoms with van der Waals surface area (Å²) in [6, 6.07) is 10.0. The smallest absolute Gasteiger partial charge is 0.297 e. The number of nitrogens with two attached hydrogens (primary N) is 1. The predicted octanol–water partition coefficient (Wildman–Crippen LogP) is 1.10. The standard InChI is InChI=1S/C11H11N3O3/c1-16-8-4-2-3-5-9(8)17-11-7-6-10(12)14(15)13-11/h2-7H,12H2,1H3. The van der Waals surface area contributed by atoms with Crippen LogP contribution in [-0.4, -0.2) is 12.2 Å². The van der Waals surface area contributed by atoms with Crippen LogP contribution in [0.1, 0.15) is 0 Å². The molecule has 0 aliphatic carbocycles. The largest absolute Gasteiger partial charge is 0.691 e. The highest BCUT2D eigenvalue weighted by Gasteiger charge is 2.07. The Balaban J connectivity index is 2.28. The van der Waals surface area contributed by atoms with Crippen molar-refractivity contribution in [3.63, 3.8) is 0 Å². The Hall–Kier alpha value is -2.50. The van der Waals surface area contributed by atoms with Crippen LogP contribution in [-0.2, 0) is 0 Å². The van der Waals surface area contributed by atoms with E-state index in [0.29, 0.717) is 16.3 Å². The maximum absolute atomic E-state index is 11.2. The number of para-hydroxylation sites is 2. The van der Waals surface area contributed by atoms with Gasteiger partial charge in [0.25, 0.3) is 11.7 Å². The van der Waals surface area contributed by atoms with Gasteiger partial charge in [-0.2, -0.15) is 0 Å². The Kier molecular flexibility index (Phi) is 2.95.